The molecule has 2 aromatic carbocycles. The molecule has 122 valence electrons. The Kier molecular flexibility index (Phi) is 3.69. The molecule has 5 heteroatoms. The number of benzene rings is 2. The van der Waals surface area contributed by atoms with Gasteiger partial charge in [0.2, 0.25) is 0 Å². The number of halogens is 1. The first kappa shape index (κ1) is 15.1. The zero-order chi connectivity index (χ0) is 16.7. The lowest BCUT2D eigenvalue weighted by molar-refractivity contribution is 0.104. The van der Waals surface area contributed by atoms with Crippen molar-refractivity contribution in [3.05, 3.63) is 57.6 Å². The van der Waals surface area contributed by atoms with E-state index in [9.17, 15) is 9.90 Å². The molecule has 0 saturated carbocycles. The van der Waals surface area contributed by atoms with Crippen molar-refractivity contribution < 1.29 is 19.4 Å². The summed E-state index contributed by atoms with van der Waals surface area (Å²) in [7, 11) is 0. The van der Waals surface area contributed by atoms with E-state index in [1.165, 1.54) is 0 Å². The zero-order valence-corrected chi connectivity index (χ0v) is 13.6. The number of phenolic OH excluding ortho intramolecular Hbond substituents is 1. The summed E-state index contributed by atoms with van der Waals surface area (Å²) < 4.78 is 11.3. The van der Waals surface area contributed by atoms with Gasteiger partial charge in [-0.2, -0.15) is 0 Å². The Bertz CT molecular complexity index is 870. The van der Waals surface area contributed by atoms with E-state index in [1.807, 2.05) is 6.07 Å². The maximum Gasteiger partial charge on any atom is 0.189 e. The van der Waals surface area contributed by atoms with Crippen molar-refractivity contribution in [2.45, 2.75) is 12.8 Å². The molecule has 0 radical (unpaired) electrons. The van der Waals surface area contributed by atoms with Gasteiger partial charge in [0.1, 0.15) is 5.75 Å². The van der Waals surface area contributed by atoms with Crippen LogP contribution >= 0.6 is 11.6 Å². The lowest BCUT2D eigenvalue weighted by Gasteiger charge is -2.10. The quantitative estimate of drug-likeness (QED) is 0.795. The predicted octanol–water partition coefficient (Wildman–Crippen LogP) is 4.03. The van der Waals surface area contributed by atoms with Crippen LogP contribution in [0.25, 0.3) is 6.08 Å². The van der Waals surface area contributed by atoms with Crippen LogP contribution in [0, 0.1) is 0 Å². The fourth-order valence-corrected chi connectivity index (χ4v) is 3.34. The summed E-state index contributed by atoms with van der Waals surface area (Å²) in [5.41, 5.74) is 2.63. The topological polar surface area (TPSA) is 55.8 Å². The van der Waals surface area contributed by atoms with E-state index >= 15 is 0 Å². The molecule has 1 aliphatic carbocycles. The summed E-state index contributed by atoms with van der Waals surface area (Å²) in [6.07, 6.45) is 3.00. The van der Waals surface area contributed by atoms with Crippen molar-refractivity contribution in [1.82, 2.24) is 0 Å². The van der Waals surface area contributed by atoms with Gasteiger partial charge in [0.25, 0.3) is 0 Å². The summed E-state index contributed by atoms with van der Waals surface area (Å²) in [5.74, 6) is 1.23. The molecule has 24 heavy (non-hydrogen) atoms. The highest BCUT2D eigenvalue weighted by Crippen LogP contribution is 2.39. The lowest BCUT2D eigenvalue weighted by atomic mass is 10.1. The molecule has 0 spiro atoms. The SMILES string of the molecule is O=C1/C(=C/c2cc(Cl)c3c(c2)OCCCO3)Cc2c(O)cccc21. The number of ether oxygens (including phenoxy) is 2. The van der Waals surface area contributed by atoms with Gasteiger partial charge in [-0.1, -0.05) is 23.7 Å². The Hall–Kier alpha value is -2.46. The Morgan fingerprint density at radius 3 is 2.83 bits per heavy atom. The van der Waals surface area contributed by atoms with Crippen molar-refractivity contribution in [2.75, 3.05) is 13.2 Å². The van der Waals surface area contributed by atoms with Crippen LogP contribution < -0.4 is 9.47 Å². The molecule has 4 rings (SSSR count). The Morgan fingerprint density at radius 1 is 1.17 bits per heavy atom. The third kappa shape index (κ3) is 2.53. The monoisotopic (exact) mass is 342 g/mol. The number of ketones is 1. The smallest absolute Gasteiger partial charge is 0.189 e. The molecule has 1 heterocycles. The molecule has 0 saturated heterocycles. The van der Waals surface area contributed by atoms with Crippen LogP contribution in [0.5, 0.6) is 17.2 Å². The molecule has 2 aliphatic rings. The number of phenols is 1. The summed E-state index contributed by atoms with van der Waals surface area (Å²) in [6.45, 7) is 1.14. The maximum atomic E-state index is 12.5. The van der Waals surface area contributed by atoms with Gasteiger partial charge in [0, 0.05) is 29.5 Å². The van der Waals surface area contributed by atoms with Crippen LogP contribution in [0.15, 0.2) is 35.9 Å². The minimum Gasteiger partial charge on any atom is -0.508 e. The number of rotatable bonds is 1. The normalized spacial score (nSPS) is 17.7. The summed E-state index contributed by atoms with van der Waals surface area (Å²) >= 11 is 6.30. The van der Waals surface area contributed by atoms with Crippen molar-refractivity contribution in [1.29, 1.82) is 0 Å². The second kappa shape index (κ2) is 5.87. The number of aromatic hydroxyl groups is 1. The third-order valence-corrected chi connectivity index (χ3v) is 4.50. The van der Waals surface area contributed by atoms with E-state index in [4.69, 9.17) is 21.1 Å². The molecule has 1 N–H and O–H groups in total. The Morgan fingerprint density at radius 2 is 2.00 bits per heavy atom. The first-order valence-corrected chi connectivity index (χ1v) is 8.16. The predicted molar refractivity (Wildman–Crippen MR) is 91.2 cm³/mol. The molecule has 0 amide bonds. The molecule has 0 aromatic heterocycles. The molecule has 4 nitrogen and oxygen atoms in total. The van der Waals surface area contributed by atoms with Crippen molar-refractivity contribution in [2.24, 2.45) is 0 Å². The van der Waals surface area contributed by atoms with Gasteiger partial charge < -0.3 is 14.6 Å². The summed E-state index contributed by atoms with van der Waals surface area (Å²) in [4.78, 5) is 12.5. The van der Waals surface area contributed by atoms with Crippen LogP contribution in [-0.2, 0) is 6.42 Å². The minimum absolute atomic E-state index is 0.0656. The highest BCUT2D eigenvalue weighted by molar-refractivity contribution is 6.32. The molecular formula is C19H15ClO4. The van der Waals surface area contributed by atoms with Crippen LogP contribution in [0.1, 0.15) is 27.9 Å². The van der Waals surface area contributed by atoms with E-state index < -0.39 is 0 Å². The number of carbonyl (C=O) groups is 1. The van der Waals surface area contributed by atoms with Gasteiger partial charge in [0.15, 0.2) is 17.3 Å². The van der Waals surface area contributed by atoms with Crippen molar-refractivity contribution in [3.8, 4) is 17.2 Å². The van der Waals surface area contributed by atoms with Crippen LogP contribution in [0.4, 0.5) is 0 Å². The maximum absolute atomic E-state index is 12.5. The molecule has 1 aliphatic heterocycles. The first-order chi connectivity index (χ1) is 11.6. The standard InChI is InChI=1S/C19H15ClO4/c20-15-8-11(9-17-19(15)24-6-2-5-23-17)7-12-10-14-13(18(12)22)3-1-4-16(14)21/h1,3-4,7-9,21H,2,5-6,10H2/b12-7+. The molecule has 0 atom stereocenters. The summed E-state index contributed by atoms with van der Waals surface area (Å²) in [5, 5.41) is 10.4. The average molecular weight is 343 g/mol. The number of hydrogen-bond acceptors (Lipinski definition) is 4. The average Bonchev–Trinajstić information content (AvgIpc) is 2.74. The van der Waals surface area contributed by atoms with Crippen LogP contribution in [0.2, 0.25) is 5.02 Å². The van der Waals surface area contributed by atoms with Crippen molar-refractivity contribution in [3.63, 3.8) is 0 Å². The van der Waals surface area contributed by atoms with E-state index in [2.05, 4.69) is 0 Å². The third-order valence-electron chi connectivity index (χ3n) is 4.22. The molecule has 2 aromatic rings. The number of fused-ring (bicyclic) bond motifs is 2. The summed E-state index contributed by atoms with van der Waals surface area (Å²) in [6, 6.07) is 8.60. The number of Topliss-reactive ketones (excluding diaryl/α,β-unsaturated/α-hetero) is 1. The Labute approximate surface area is 144 Å². The van der Waals surface area contributed by atoms with E-state index in [1.54, 1.807) is 30.3 Å². The van der Waals surface area contributed by atoms with E-state index in [-0.39, 0.29) is 11.5 Å². The van der Waals surface area contributed by atoms with Gasteiger partial charge in [-0.3, -0.25) is 4.79 Å². The molecule has 0 fully saturated rings. The molecule has 0 unspecified atom stereocenters. The Balaban J connectivity index is 1.73. The fraction of sp³-hybridized carbons (Fsp3) is 0.211. The zero-order valence-electron chi connectivity index (χ0n) is 12.8. The number of carbonyl (C=O) groups excluding carboxylic acids is 1. The molecule has 0 bridgehead atoms. The van der Waals surface area contributed by atoms with E-state index in [0.717, 1.165) is 12.0 Å². The molecular weight excluding hydrogens is 328 g/mol. The lowest BCUT2D eigenvalue weighted by Crippen LogP contribution is -1.97. The highest BCUT2D eigenvalue weighted by atomic mass is 35.5. The van der Waals surface area contributed by atoms with E-state index in [0.29, 0.717) is 52.9 Å². The first-order valence-electron chi connectivity index (χ1n) is 7.79. The van der Waals surface area contributed by atoms with Gasteiger partial charge in [-0.15, -0.1) is 0 Å². The highest BCUT2D eigenvalue weighted by Gasteiger charge is 2.27. The second-order valence-corrected chi connectivity index (χ2v) is 6.27. The fourth-order valence-electron chi connectivity index (χ4n) is 3.07. The number of allylic oxidation sites excluding steroid dienone is 1. The van der Waals surface area contributed by atoms with Gasteiger partial charge >= 0.3 is 0 Å². The van der Waals surface area contributed by atoms with Crippen molar-refractivity contribution >= 4 is 23.5 Å². The van der Waals surface area contributed by atoms with Crippen LogP contribution in [-0.4, -0.2) is 24.1 Å². The number of hydrogen-bond donors (Lipinski definition) is 1. The van der Waals surface area contributed by atoms with Crippen LogP contribution in [0.3, 0.4) is 0 Å². The second-order valence-electron chi connectivity index (χ2n) is 5.86. The minimum atomic E-state index is -0.0656. The van der Waals surface area contributed by atoms with Gasteiger partial charge in [-0.05, 0) is 29.8 Å². The van der Waals surface area contributed by atoms with Gasteiger partial charge in [0.05, 0.1) is 18.2 Å². The van der Waals surface area contributed by atoms with Gasteiger partial charge in [-0.25, -0.2) is 0 Å². The largest absolute Gasteiger partial charge is 0.508 e.